The van der Waals surface area contributed by atoms with Crippen LogP contribution in [-0.4, -0.2) is 31.0 Å². The van der Waals surface area contributed by atoms with Crippen molar-refractivity contribution < 1.29 is 9.90 Å². The summed E-state index contributed by atoms with van der Waals surface area (Å²) in [4.78, 5) is 36.2. The Morgan fingerprint density at radius 3 is 2.63 bits per heavy atom. The van der Waals surface area contributed by atoms with E-state index < -0.39 is 22.9 Å². The zero-order chi connectivity index (χ0) is 13.9. The Bertz CT molecular complexity index is 744. The smallest absolute Gasteiger partial charge is 0.307 e. The van der Waals surface area contributed by atoms with Gasteiger partial charge in [-0.05, 0) is 5.41 Å². The minimum atomic E-state index is -0.864. The molecule has 1 aliphatic carbocycles. The summed E-state index contributed by atoms with van der Waals surface area (Å²) in [6, 6.07) is 0. The standard InChI is InChI=1S/C11H13N5O3/c1-11(2)3(4(11)9(18)19)6-13-5-7(14-6)15-10(12)16-8(5)17/h3-4H,1-2H3,(H,18,19)(H4,12,13,14,15,16,17). The fraction of sp³-hybridized carbons (Fsp3) is 0.455. The lowest BCUT2D eigenvalue weighted by Gasteiger charge is -1.97. The van der Waals surface area contributed by atoms with Gasteiger partial charge in [0.25, 0.3) is 5.56 Å². The molecular weight excluding hydrogens is 250 g/mol. The highest BCUT2D eigenvalue weighted by molar-refractivity contribution is 5.78. The first-order valence-electron chi connectivity index (χ1n) is 5.80. The van der Waals surface area contributed by atoms with Crippen molar-refractivity contribution in [1.29, 1.82) is 0 Å². The summed E-state index contributed by atoms with van der Waals surface area (Å²) in [6.07, 6.45) is 0. The number of nitrogens with two attached hydrogens (primary N) is 1. The van der Waals surface area contributed by atoms with E-state index >= 15 is 0 Å². The van der Waals surface area contributed by atoms with E-state index in [1.807, 2.05) is 13.8 Å². The van der Waals surface area contributed by atoms with Crippen molar-refractivity contribution in [3.63, 3.8) is 0 Å². The zero-order valence-electron chi connectivity index (χ0n) is 10.4. The van der Waals surface area contributed by atoms with Gasteiger partial charge < -0.3 is 15.8 Å². The van der Waals surface area contributed by atoms with Crippen molar-refractivity contribution in [3.05, 3.63) is 16.2 Å². The fourth-order valence-electron chi connectivity index (χ4n) is 2.70. The zero-order valence-corrected chi connectivity index (χ0v) is 10.4. The first-order chi connectivity index (χ1) is 8.82. The van der Waals surface area contributed by atoms with Crippen LogP contribution in [0.15, 0.2) is 4.79 Å². The third kappa shape index (κ3) is 1.52. The number of H-pyrrole nitrogens is 2. The lowest BCUT2D eigenvalue weighted by atomic mass is 10.1. The lowest BCUT2D eigenvalue weighted by molar-refractivity contribution is -0.139. The SMILES string of the molecule is CC1(C)C(C(=O)O)C1c1nc2nc(N)[nH]c(=O)c2[nH]1. The molecule has 2 aromatic heterocycles. The maximum atomic E-state index is 11.7. The van der Waals surface area contributed by atoms with Gasteiger partial charge in [-0.15, -0.1) is 0 Å². The molecule has 0 amide bonds. The summed E-state index contributed by atoms with van der Waals surface area (Å²) in [5.74, 6) is -1.17. The summed E-state index contributed by atoms with van der Waals surface area (Å²) in [6.45, 7) is 3.71. The topological polar surface area (TPSA) is 138 Å². The Morgan fingerprint density at radius 1 is 1.37 bits per heavy atom. The molecule has 0 radical (unpaired) electrons. The molecule has 2 unspecified atom stereocenters. The molecule has 0 aliphatic heterocycles. The number of carbonyl (C=O) groups is 1. The third-order valence-electron chi connectivity index (χ3n) is 3.79. The van der Waals surface area contributed by atoms with Crippen LogP contribution in [0.3, 0.4) is 0 Å². The number of nitrogens with one attached hydrogen (secondary N) is 2. The molecule has 2 aromatic rings. The number of imidazole rings is 1. The van der Waals surface area contributed by atoms with Gasteiger partial charge in [-0.25, -0.2) is 4.98 Å². The normalized spacial score (nSPS) is 24.5. The number of aromatic nitrogens is 4. The molecule has 19 heavy (non-hydrogen) atoms. The van der Waals surface area contributed by atoms with Crippen LogP contribution >= 0.6 is 0 Å². The van der Waals surface area contributed by atoms with Gasteiger partial charge in [-0.1, -0.05) is 13.8 Å². The van der Waals surface area contributed by atoms with E-state index in [4.69, 9.17) is 10.8 Å². The van der Waals surface area contributed by atoms with Gasteiger partial charge >= 0.3 is 5.97 Å². The monoisotopic (exact) mass is 263 g/mol. The van der Waals surface area contributed by atoms with Crippen LogP contribution in [0.1, 0.15) is 25.6 Å². The summed E-state index contributed by atoms with van der Waals surface area (Å²) in [5.41, 5.74) is 5.07. The van der Waals surface area contributed by atoms with Crippen LogP contribution in [0.2, 0.25) is 0 Å². The molecular formula is C11H13N5O3. The number of carboxylic acid groups (broad SMARTS) is 1. The van der Waals surface area contributed by atoms with Crippen LogP contribution in [0.25, 0.3) is 11.2 Å². The third-order valence-corrected chi connectivity index (χ3v) is 3.79. The van der Waals surface area contributed by atoms with Gasteiger partial charge in [0.1, 0.15) is 5.82 Å². The molecule has 1 fully saturated rings. The average Bonchev–Trinajstić information content (AvgIpc) is 2.65. The van der Waals surface area contributed by atoms with E-state index in [9.17, 15) is 9.59 Å². The fourth-order valence-corrected chi connectivity index (χ4v) is 2.70. The van der Waals surface area contributed by atoms with Crippen LogP contribution in [0.5, 0.6) is 0 Å². The molecule has 1 saturated carbocycles. The van der Waals surface area contributed by atoms with Gasteiger partial charge in [0.05, 0.1) is 5.92 Å². The molecule has 8 heteroatoms. The number of aliphatic carboxylic acids is 1. The Morgan fingerprint density at radius 2 is 2.05 bits per heavy atom. The second-order valence-corrected chi connectivity index (χ2v) is 5.39. The van der Waals surface area contributed by atoms with Crippen LogP contribution in [-0.2, 0) is 4.79 Å². The highest BCUT2D eigenvalue weighted by atomic mass is 16.4. The van der Waals surface area contributed by atoms with Crippen molar-refractivity contribution in [2.75, 3.05) is 5.73 Å². The Kier molecular flexibility index (Phi) is 2.06. The van der Waals surface area contributed by atoms with E-state index in [1.54, 1.807) is 0 Å². The van der Waals surface area contributed by atoms with Crippen LogP contribution in [0.4, 0.5) is 5.95 Å². The minimum Gasteiger partial charge on any atom is -0.481 e. The predicted molar refractivity (Wildman–Crippen MR) is 66.6 cm³/mol. The number of hydrogen-bond donors (Lipinski definition) is 4. The molecule has 0 spiro atoms. The van der Waals surface area contributed by atoms with Crippen molar-refractivity contribution >= 4 is 23.1 Å². The Hall–Kier alpha value is -2.38. The molecule has 0 aromatic carbocycles. The first kappa shape index (κ1) is 11.7. The molecule has 100 valence electrons. The van der Waals surface area contributed by atoms with Crippen molar-refractivity contribution in [2.45, 2.75) is 19.8 Å². The molecule has 3 rings (SSSR count). The van der Waals surface area contributed by atoms with Gasteiger partial charge in [-0.2, -0.15) is 4.98 Å². The number of nitrogen functional groups attached to an aromatic ring is 1. The maximum Gasteiger partial charge on any atom is 0.307 e. The molecule has 2 atom stereocenters. The lowest BCUT2D eigenvalue weighted by Crippen LogP contribution is -2.10. The number of hydrogen-bond acceptors (Lipinski definition) is 5. The maximum absolute atomic E-state index is 11.7. The number of nitrogens with zero attached hydrogens (tertiary/aromatic N) is 2. The van der Waals surface area contributed by atoms with E-state index in [2.05, 4.69) is 19.9 Å². The van der Waals surface area contributed by atoms with E-state index in [0.29, 0.717) is 5.82 Å². The van der Waals surface area contributed by atoms with E-state index in [1.165, 1.54) is 0 Å². The van der Waals surface area contributed by atoms with Crippen molar-refractivity contribution in [3.8, 4) is 0 Å². The molecule has 5 N–H and O–H groups in total. The number of aromatic amines is 2. The van der Waals surface area contributed by atoms with Crippen molar-refractivity contribution in [2.24, 2.45) is 11.3 Å². The summed E-state index contributed by atoms with van der Waals surface area (Å²) >= 11 is 0. The molecule has 2 heterocycles. The number of carboxylic acids is 1. The second-order valence-electron chi connectivity index (χ2n) is 5.39. The first-order valence-corrected chi connectivity index (χ1v) is 5.80. The molecule has 0 saturated heterocycles. The average molecular weight is 263 g/mol. The van der Waals surface area contributed by atoms with Crippen molar-refractivity contribution in [1.82, 2.24) is 19.9 Å². The Labute approximate surface area is 107 Å². The largest absolute Gasteiger partial charge is 0.481 e. The minimum absolute atomic E-state index is 0.0135. The molecule has 1 aliphatic rings. The second kappa shape index (κ2) is 3.34. The highest BCUT2D eigenvalue weighted by Crippen LogP contribution is 2.63. The summed E-state index contributed by atoms with van der Waals surface area (Å²) < 4.78 is 0. The number of anilines is 1. The van der Waals surface area contributed by atoms with Gasteiger partial charge in [0.2, 0.25) is 5.95 Å². The predicted octanol–water partition coefficient (Wildman–Crippen LogP) is 0.0526. The Balaban J connectivity index is 2.11. The summed E-state index contributed by atoms with van der Waals surface area (Å²) in [7, 11) is 0. The summed E-state index contributed by atoms with van der Waals surface area (Å²) in [5, 5.41) is 9.15. The van der Waals surface area contributed by atoms with Gasteiger partial charge in [0.15, 0.2) is 11.2 Å². The van der Waals surface area contributed by atoms with Crippen LogP contribution in [0, 0.1) is 11.3 Å². The van der Waals surface area contributed by atoms with E-state index in [0.717, 1.165) is 0 Å². The molecule has 8 nitrogen and oxygen atoms in total. The highest BCUT2D eigenvalue weighted by Gasteiger charge is 2.64. The van der Waals surface area contributed by atoms with E-state index in [-0.39, 0.29) is 23.0 Å². The quantitative estimate of drug-likeness (QED) is 0.604. The number of fused-ring (bicyclic) bond motifs is 1. The molecule has 0 bridgehead atoms. The number of rotatable bonds is 2. The van der Waals surface area contributed by atoms with Gasteiger partial charge in [-0.3, -0.25) is 14.6 Å². The van der Waals surface area contributed by atoms with Crippen LogP contribution < -0.4 is 11.3 Å². The van der Waals surface area contributed by atoms with Gasteiger partial charge in [0, 0.05) is 5.92 Å².